The van der Waals surface area contributed by atoms with E-state index in [0.29, 0.717) is 0 Å². The van der Waals surface area contributed by atoms with E-state index in [1.165, 1.54) is 64.7 Å². The SMILES string of the molecule is CCN1CCC(CNC2CCCC(C)C2)CC1. The molecule has 1 aliphatic carbocycles. The third-order valence-electron chi connectivity index (χ3n) is 4.79. The smallest absolute Gasteiger partial charge is 0.00697 e. The quantitative estimate of drug-likeness (QED) is 0.810. The first-order chi connectivity index (χ1) is 8.28. The molecular weight excluding hydrogens is 208 g/mol. The third kappa shape index (κ3) is 4.26. The second-order valence-electron chi connectivity index (χ2n) is 6.25. The Hall–Kier alpha value is -0.0800. The zero-order chi connectivity index (χ0) is 12.1. The molecule has 2 rings (SSSR count). The van der Waals surface area contributed by atoms with Crippen molar-refractivity contribution in [3.63, 3.8) is 0 Å². The third-order valence-corrected chi connectivity index (χ3v) is 4.79. The van der Waals surface area contributed by atoms with Gasteiger partial charge in [-0.25, -0.2) is 0 Å². The molecule has 2 aliphatic rings. The lowest BCUT2D eigenvalue weighted by Crippen LogP contribution is -2.41. The van der Waals surface area contributed by atoms with Crippen LogP contribution in [0, 0.1) is 11.8 Å². The summed E-state index contributed by atoms with van der Waals surface area (Å²) < 4.78 is 0. The lowest BCUT2D eigenvalue weighted by Gasteiger charge is -2.33. The maximum atomic E-state index is 3.84. The highest BCUT2D eigenvalue weighted by molar-refractivity contribution is 4.79. The van der Waals surface area contributed by atoms with Crippen molar-refractivity contribution in [2.75, 3.05) is 26.2 Å². The molecule has 17 heavy (non-hydrogen) atoms. The largest absolute Gasteiger partial charge is 0.314 e. The van der Waals surface area contributed by atoms with Crippen molar-refractivity contribution in [3.05, 3.63) is 0 Å². The van der Waals surface area contributed by atoms with Gasteiger partial charge in [0.25, 0.3) is 0 Å². The number of hydrogen-bond donors (Lipinski definition) is 1. The Morgan fingerprint density at radius 2 is 1.88 bits per heavy atom. The van der Waals surface area contributed by atoms with Crippen LogP contribution in [-0.4, -0.2) is 37.1 Å². The Morgan fingerprint density at radius 3 is 2.53 bits per heavy atom. The van der Waals surface area contributed by atoms with E-state index in [0.717, 1.165) is 17.9 Å². The van der Waals surface area contributed by atoms with E-state index < -0.39 is 0 Å². The van der Waals surface area contributed by atoms with Crippen molar-refractivity contribution < 1.29 is 0 Å². The van der Waals surface area contributed by atoms with Gasteiger partial charge in [-0.3, -0.25) is 0 Å². The Morgan fingerprint density at radius 1 is 1.12 bits per heavy atom. The molecule has 100 valence electrons. The second kappa shape index (κ2) is 6.75. The molecule has 2 heteroatoms. The van der Waals surface area contributed by atoms with Crippen LogP contribution in [0.25, 0.3) is 0 Å². The van der Waals surface area contributed by atoms with Gasteiger partial charge in [-0.1, -0.05) is 26.7 Å². The van der Waals surface area contributed by atoms with E-state index in [9.17, 15) is 0 Å². The number of hydrogen-bond acceptors (Lipinski definition) is 2. The molecular formula is C15H30N2. The molecule has 0 radical (unpaired) electrons. The Labute approximate surface area is 107 Å². The van der Waals surface area contributed by atoms with E-state index in [-0.39, 0.29) is 0 Å². The summed E-state index contributed by atoms with van der Waals surface area (Å²) >= 11 is 0. The first-order valence-electron chi connectivity index (χ1n) is 7.73. The van der Waals surface area contributed by atoms with Gasteiger partial charge in [-0.2, -0.15) is 0 Å². The minimum Gasteiger partial charge on any atom is -0.314 e. The normalized spacial score (nSPS) is 32.8. The monoisotopic (exact) mass is 238 g/mol. The molecule has 0 aromatic carbocycles. The zero-order valence-corrected chi connectivity index (χ0v) is 11.8. The highest BCUT2D eigenvalue weighted by atomic mass is 15.1. The van der Waals surface area contributed by atoms with Gasteiger partial charge in [0.2, 0.25) is 0 Å². The summed E-state index contributed by atoms with van der Waals surface area (Å²) in [7, 11) is 0. The van der Waals surface area contributed by atoms with E-state index >= 15 is 0 Å². The summed E-state index contributed by atoms with van der Waals surface area (Å²) in [6.07, 6.45) is 8.53. The van der Waals surface area contributed by atoms with Crippen molar-refractivity contribution in [1.82, 2.24) is 10.2 Å². The van der Waals surface area contributed by atoms with Gasteiger partial charge in [0.05, 0.1) is 0 Å². The second-order valence-corrected chi connectivity index (χ2v) is 6.25. The summed E-state index contributed by atoms with van der Waals surface area (Å²) in [6, 6.07) is 0.822. The molecule has 0 bridgehead atoms. The van der Waals surface area contributed by atoms with Gasteiger partial charge >= 0.3 is 0 Å². The molecule has 0 aromatic heterocycles. The fraction of sp³-hybridized carbons (Fsp3) is 1.00. The average molecular weight is 238 g/mol. The van der Waals surface area contributed by atoms with Crippen LogP contribution in [0.5, 0.6) is 0 Å². The van der Waals surface area contributed by atoms with Crippen LogP contribution in [0.15, 0.2) is 0 Å². The van der Waals surface area contributed by atoms with Crippen molar-refractivity contribution in [1.29, 1.82) is 0 Å². The van der Waals surface area contributed by atoms with E-state index in [1.54, 1.807) is 0 Å². The fourth-order valence-electron chi connectivity index (χ4n) is 3.46. The maximum absolute atomic E-state index is 3.84. The molecule has 2 unspecified atom stereocenters. The van der Waals surface area contributed by atoms with Crippen molar-refractivity contribution in [3.8, 4) is 0 Å². The number of rotatable bonds is 4. The molecule has 2 nitrogen and oxygen atoms in total. The lowest BCUT2D eigenvalue weighted by molar-refractivity contribution is 0.182. The minimum atomic E-state index is 0.822. The number of likely N-dealkylation sites (tertiary alicyclic amines) is 1. The topological polar surface area (TPSA) is 15.3 Å². The van der Waals surface area contributed by atoms with Crippen LogP contribution in [-0.2, 0) is 0 Å². The maximum Gasteiger partial charge on any atom is 0.00697 e. The van der Waals surface area contributed by atoms with Crippen LogP contribution in [0.3, 0.4) is 0 Å². The summed E-state index contributed by atoms with van der Waals surface area (Å²) in [5.41, 5.74) is 0. The Bertz CT molecular complexity index is 209. The molecule has 2 fully saturated rings. The molecule has 1 N–H and O–H groups in total. The summed E-state index contributed by atoms with van der Waals surface area (Å²) in [5.74, 6) is 1.89. The Kier molecular flexibility index (Phi) is 5.30. The molecule has 0 amide bonds. The van der Waals surface area contributed by atoms with Gasteiger partial charge in [0.1, 0.15) is 0 Å². The molecule has 0 aromatic rings. The molecule has 0 spiro atoms. The highest BCUT2D eigenvalue weighted by Gasteiger charge is 2.21. The van der Waals surface area contributed by atoms with Crippen LogP contribution in [0.4, 0.5) is 0 Å². The number of nitrogens with one attached hydrogen (secondary N) is 1. The fourth-order valence-corrected chi connectivity index (χ4v) is 3.46. The van der Waals surface area contributed by atoms with Crippen LogP contribution in [0.2, 0.25) is 0 Å². The lowest BCUT2D eigenvalue weighted by atomic mass is 9.86. The van der Waals surface area contributed by atoms with Gasteiger partial charge in [0, 0.05) is 6.04 Å². The summed E-state index contributed by atoms with van der Waals surface area (Å²) in [4.78, 5) is 2.58. The molecule has 2 atom stereocenters. The Balaban J connectivity index is 1.62. The van der Waals surface area contributed by atoms with Crippen LogP contribution >= 0.6 is 0 Å². The molecule has 1 heterocycles. The van der Waals surface area contributed by atoms with Gasteiger partial charge in [-0.05, 0) is 63.7 Å². The first kappa shape index (κ1) is 13.4. The number of piperidine rings is 1. The van der Waals surface area contributed by atoms with Crippen LogP contribution in [0.1, 0.15) is 52.4 Å². The summed E-state index contributed by atoms with van der Waals surface area (Å²) in [5, 5.41) is 3.84. The molecule has 1 saturated heterocycles. The van der Waals surface area contributed by atoms with E-state index in [2.05, 4.69) is 24.1 Å². The van der Waals surface area contributed by atoms with Gasteiger partial charge in [-0.15, -0.1) is 0 Å². The predicted octanol–water partition coefficient (Wildman–Crippen LogP) is 2.89. The standard InChI is InChI=1S/C15H30N2/c1-3-17-9-7-14(8-10-17)12-16-15-6-4-5-13(2)11-15/h13-16H,3-12H2,1-2H3. The van der Waals surface area contributed by atoms with E-state index in [1.807, 2.05) is 0 Å². The molecule has 1 saturated carbocycles. The average Bonchev–Trinajstić information content (AvgIpc) is 2.37. The van der Waals surface area contributed by atoms with Crippen LogP contribution < -0.4 is 5.32 Å². The predicted molar refractivity (Wildman–Crippen MR) is 74.3 cm³/mol. The first-order valence-corrected chi connectivity index (χ1v) is 7.73. The molecule has 1 aliphatic heterocycles. The van der Waals surface area contributed by atoms with Crippen molar-refractivity contribution in [2.24, 2.45) is 11.8 Å². The van der Waals surface area contributed by atoms with E-state index in [4.69, 9.17) is 0 Å². The van der Waals surface area contributed by atoms with Gasteiger partial charge in [0.15, 0.2) is 0 Å². The van der Waals surface area contributed by atoms with Crippen molar-refractivity contribution in [2.45, 2.75) is 58.4 Å². The highest BCUT2D eigenvalue weighted by Crippen LogP contribution is 2.24. The summed E-state index contributed by atoms with van der Waals surface area (Å²) in [6.45, 7) is 9.85. The van der Waals surface area contributed by atoms with Crippen molar-refractivity contribution >= 4 is 0 Å². The zero-order valence-electron chi connectivity index (χ0n) is 11.8. The minimum absolute atomic E-state index is 0.822. The van der Waals surface area contributed by atoms with Gasteiger partial charge < -0.3 is 10.2 Å². The number of nitrogens with zero attached hydrogens (tertiary/aromatic N) is 1.